The van der Waals surface area contributed by atoms with Gasteiger partial charge in [-0.1, -0.05) is 0 Å². The molecule has 152 valence electrons. The third-order valence-electron chi connectivity index (χ3n) is 4.79. The van der Waals surface area contributed by atoms with E-state index in [9.17, 15) is 14.4 Å². The zero-order chi connectivity index (χ0) is 21.6. The smallest absolute Gasteiger partial charge is 0.264 e. The Labute approximate surface area is 176 Å². The Hall–Kier alpha value is -3.58. The first-order valence-corrected chi connectivity index (χ1v) is 9.72. The molecule has 0 radical (unpaired) electrons. The predicted octanol–water partition coefficient (Wildman–Crippen LogP) is 3.31. The first-order valence-electron chi connectivity index (χ1n) is 8.95. The second-order valence-electron chi connectivity index (χ2n) is 6.76. The number of pyridine rings is 1. The zero-order valence-corrected chi connectivity index (χ0v) is 17.2. The van der Waals surface area contributed by atoms with Gasteiger partial charge in [0.1, 0.15) is 28.7 Å². The summed E-state index contributed by atoms with van der Waals surface area (Å²) in [5, 5.41) is 14.5. The van der Waals surface area contributed by atoms with Gasteiger partial charge in [0.2, 0.25) is 0 Å². The van der Waals surface area contributed by atoms with Crippen molar-refractivity contribution in [3.05, 3.63) is 53.1 Å². The van der Waals surface area contributed by atoms with Crippen LogP contribution in [0.25, 0.3) is 11.1 Å². The maximum Gasteiger partial charge on any atom is 0.264 e. The van der Waals surface area contributed by atoms with Gasteiger partial charge in [0, 0.05) is 48.9 Å². The average molecular weight is 424 g/mol. The van der Waals surface area contributed by atoms with Crippen LogP contribution in [-0.2, 0) is 7.05 Å². The molecule has 0 fully saturated rings. The number of aromatic nitrogens is 3. The molecule has 1 aliphatic heterocycles. The van der Waals surface area contributed by atoms with Gasteiger partial charge >= 0.3 is 0 Å². The second-order valence-corrected chi connectivity index (χ2v) is 7.87. The third-order valence-corrected chi connectivity index (χ3v) is 5.68. The van der Waals surface area contributed by atoms with Gasteiger partial charge in [0.15, 0.2) is 11.6 Å². The van der Waals surface area contributed by atoms with E-state index in [0.29, 0.717) is 33.0 Å². The van der Waals surface area contributed by atoms with E-state index >= 15 is 0 Å². The molecule has 10 heteroatoms. The molecular formula is C20H17FN6O2S. The number of hydrogen-bond donors (Lipinski definition) is 1. The number of aryl methyl sites for hydroxylation is 1. The van der Waals surface area contributed by atoms with Crippen LogP contribution >= 0.6 is 11.9 Å². The van der Waals surface area contributed by atoms with Gasteiger partial charge in [0.25, 0.3) is 5.91 Å². The van der Waals surface area contributed by atoms with E-state index in [2.05, 4.69) is 16.2 Å². The van der Waals surface area contributed by atoms with Crippen molar-refractivity contribution < 1.29 is 13.9 Å². The standard InChI is InChI=1S/C20H17FN6O2S/c1-10-14-7-12(21)4-5-13(14)20(28)27(3)30-19-17(15(8-22)26(2)25-19)11-6-16(29-10)18(23)24-9-11/h4-7,9-10H,1-3H3,(H2,23,24). The molecule has 0 aliphatic carbocycles. The third kappa shape index (κ3) is 3.23. The summed E-state index contributed by atoms with van der Waals surface area (Å²) >= 11 is 1.07. The van der Waals surface area contributed by atoms with Crippen LogP contribution in [0.3, 0.4) is 0 Å². The van der Waals surface area contributed by atoms with Gasteiger partial charge in [-0.25, -0.2) is 9.37 Å². The highest BCUT2D eigenvalue weighted by atomic mass is 32.2. The van der Waals surface area contributed by atoms with Crippen LogP contribution in [0, 0.1) is 17.1 Å². The molecule has 1 atom stereocenters. The van der Waals surface area contributed by atoms with Crippen molar-refractivity contribution in [3.63, 3.8) is 0 Å². The van der Waals surface area contributed by atoms with E-state index in [-0.39, 0.29) is 17.5 Å². The zero-order valence-electron chi connectivity index (χ0n) is 16.4. The first kappa shape index (κ1) is 19.7. The molecule has 4 rings (SSSR count). The number of hydrogen-bond acceptors (Lipinski definition) is 7. The number of fused-ring (bicyclic) bond motifs is 5. The van der Waals surface area contributed by atoms with E-state index in [1.807, 2.05) is 0 Å². The van der Waals surface area contributed by atoms with Crippen molar-refractivity contribution in [2.45, 2.75) is 18.1 Å². The SMILES string of the molecule is CC1Oc2cc(cnc2N)-c2c(nn(C)c2C#N)SN(C)C(=O)c2ccc(F)cc21. The van der Waals surface area contributed by atoms with Gasteiger partial charge in [-0.15, -0.1) is 0 Å². The lowest BCUT2D eigenvalue weighted by atomic mass is 10.0. The van der Waals surface area contributed by atoms with Crippen molar-refractivity contribution in [3.8, 4) is 22.9 Å². The largest absolute Gasteiger partial charge is 0.482 e. The Morgan fingerprint density at radius 1 is 1.33 bits per heavy atom. The van der Waals surface area contributed by atoms with Gasteiger partial charge < -0.3 is 10.5 Å². The van der Waals surface area contributed by atoms with Crippen molar-refractivity contribution in [1.82, 2.24) is 19.1 Å². The Morgan fingerprint density at radius 2 is 2.10 bits per heavy atom. The molecule has 3 heterocycles. The lowest BCUT2D eigenvalue weighted by Crippen LogP contribution is -2.23. The summed E-state index contributed by atoms with van der Waals surface area (Å²) in [4.78, 5) is 17.3. The number of carbonyl (C=O) groups excluding carboxylic acids is 1. The molecule has 0 saturated carbocycles. The average Bonchev–Trinajstić information content (AvgIpc) is 3.03. The summed E-state index contributed by atoms with van der Waals surface area (Å²) in [7, 11) is 3.24. The molecule has 2 N–H and O–H groups in total. The molecule has 2 aromatic heterocycles. The van der Waals surface area contributed by atoms with Crippen molar-refractivity contribution in [2.75, 3.05) is 12.8 Å². The molecule has 0 saturated heterocycles. The number of ether oxygens (including phenoxy) is 1. The topological polar surface area (TPSA) is 110 Å². The van der Waals surface area contributed by atoms with Crippen molar-refractivity contribution in [1.29, 1.82) is 5.26 Å². The number of nitrogens with zero attached hydrogens (tertiary/aromatic N) is 5. The number of nitriles is 1. The molecule has 1 aliphatic rings. The van der Waals surface area contributed by atoms with Gasteiger partial charge in [-0.2, -0.15) is 10.4 Å². The number of carbonyl (C=O) groups is 1. The maximum atomic E-state index is 14.0. The number of halogens is 1. The van der Waals surface area contributed by atoms with Crippen molar-refractivity contribution >= 4 is 23.7 Å². The number of amides is 1. The summed E-state index contributed by atoms with van der Waals surface area (Å²) < 4.78 is 22.8. The minimum absolute atomic E-state index is 0.139. The Morgan fingerprint density at radius 3 is 2.83 bits per heavy atom. The molecule has 2 bridgehead atoms. The van der Waals surface area contributed by atoms with Crippen LogP contribution in [0.15, 0.2) is 35.5 Å². The lowest BCUT2D eigenvalue weighted by molar-refractivity contribution is 0.0887. The van der Waals surface area contributed by atoms with E-state index in [1.54, 1.807) is 27.1 Å². The minimum Gasteiger partial charge on any atom is -0.482 e. The summed E-state index contributed by atoms with van der Waals surface area (Å²) in [6.45, 7) is 1.70. The highest BCUT2D eigenvalue weighted by Crippen LogP contribution is 2.39. The normalized spacial score (nSPS) is 15.9. The number of nitrogen functional groups attached to an aromatic ring is 1. The van der Waals surface area contributed by atoms with E-state index in [0.717, 1.165) is 11.9 Å². The van der Waals surface area contributed by atoms with E-state index < -0.39 is 11.9 Å². The number of anilines is 1. The molecule has 30 heavy (non-hydrogen) atoms. The molecule has 0 spiro atoms. The number of rotatable bonds is 0. The van der Waals surface area contributed by atoms with Crippen molar-refractivity contribution in [2.24, 2.45) is 7.05 Å². The van der Waals surface area contributed by atoms with E-state index in [1.165, 1.54) is 33.4 Å². The molecule has 3 aromatic rings. The maximum absolute atomic E-state index is 14.0. The molecular weight excluding hydrogens is 407 g/mol. The van der Waals surface area contributed by atoms with Crippen LogP contribution in [0.5, 0.6) is 5.75 Å². The summed E-state index contributed by atoms with van der Waals surface area (Å²) in [5.41, 5.74) is 8.07. The van der Waals surface area contributed by atoms with Crippen LogP contribution in [0.2, 0.25) is 0 Å². The second kappa shape index (κ2) is 7.35. The highest BCUT2D eigenvalue weighted by molar-refractivity contribution is 7.97. The van der Waals surface area contributed by atoms with Gasteiger partial charge in [0.05, 0.1) is 5.56 Å². The fourth-order valence-electron chi connectivity index (χ4n) is 3.30. The van der Waals surface area contributed by atoms with Crippen LogP contribution < -0.4 is 10.5 Å². The van der Waals surface area contributed by atoms with Gasteiger partial charge in [-0.3, -0.25) is 13.8 Å². The number of nitrogens with two attached hydrogens (primary N) is 1. The molecule has 1 aromatic carbocycles. The highest BCUT2D eigenvalue weighted by Gasteiger charge is 2.27. The quantitative estimate of drug-likeness (QED) is 0.551. The van der Waals surface area contributed by atoms with Crippen LogP contribution in [0.1, 0.15) is 34.6 Å². The number of benzene rings is 1. The summed E-state index contributed by atoms with van der Waals surface area (Å²) in [6.07, 6.45) is 0.844. The monoisotopic (exact) mass is 424 g/mol. The van der Waals surface area contributed by atoms with E-state index in [4.69, 9.17) is 10.5 Å². The Bertz CT molecular complexity index is 1220. The fraction of sp³-hybridized carbons (Fsp3) is 0.200. The molecule has 1 amide bonds. The predicted molar refractivity (Wildman–Crippen MR) is 109 cm³/mol. The molecule has 8 nitrogen and oxygen atoms in total. The summed E-state index contributed by atoms with van der Waals surface area (Å²) in [5.74, 6) is -0.429. The fourth-order valence-corrected chi connectivity index (χ4v) is 4.20. The Balaban J connectivity index is 1.98. The summed E-state index contributed by atoms with van der Waals surface area (Å²) in [6, 6.07) is 7.73. The lowest BCUT2D eigenvalue weighted by Gasteiger charge is -2.23. The van der Waals surface area contributed by atoms with Crippen LogP contribution in [0.4, 0.5) is 10.2 Å². The van der Waals surface area contributed by atoms with Gasteiger partial charge in [-0.05, 0) is 31.2 Å². The van der Waals surface area contributed by atoms with Crippen LogP contribution in [-0.4, -0.2) is 32.0 Å². The molecule has 1 unspecified atom stereocenters. The minimum atomic E-state index is -0.680. The first-order chi connectivity index (χ1) is 14.3. The Kier molecular flexibility index (Phi) is 4.83.